The van der Waals surface area contributed by atoms with Crippen LogP contribution in [0.5, 0.6) is 0 Å². The van der Waals surface area contributed by atoms with Gasteiger partial charge in [0.2, 0.25) is 17.5 Å². The lowest BCUT2D eigenvalue weighted by molar-refractivity contribution is 0.0521. The first kappa shape index (κ1) is 16.2. The fourth-order valence-corrected chi connectivity index (χ4v) is 1.82. The van der Waals surface area contributed by atoms with Gasteiger partial charge in [0.15, 0.2) is 0 Å². The van der Waals surface area contributed by atoms with Gasteiger partial charge in [0.1, 0.15) is 0 Å². The second kappa shape index (κ2) is 7.69. The van der Waals surface area contributed by atoms with Gasteiger partial charge in [-0.3, -0.25) is 0 Å². The van der Waals surface area contributed by atoms with Crippen LogP contribution >= 0.6 is 15.9 Å². The fourth-order valence-electron chi connectivity index (χ4n) is 1.42. The molecule has 0 aliphatic carbocycles. The molecule has 1 aromatic carbocycles. The van der Waals surface area contributed by atoms with E-state index >= 15 is 0 Å². The molecule has 6 heteroatoms. The van der Waals surface area contributed by atoms with Crippen molar-refractivity contribution in [2.45, 2.75) is 20.8 Å². The zero-order valence-electron chi connectivity index (χ0n) is 11.6. The van der Waals surface area contributed by atoms with Crippen LogP contribution in [0.25, 0.3) is 11.5 Å². The Morgan fingerprint density at radius 3 is 2.75 bits per heavy atom. The molecule has 0 spiro atoms. The molecule has 108 valence electrons. The first-order chi connectivity index (χ1) is 9.61. The Labute approximate surface area is 126 Å². The molecule has 0 aliphatic rings. The minimum absolute atomic E-state index is 0.00632. The highest BCUT2D eigenvalue weighted by molar-refractivity contribution is 9.10. The topological polar surface area (TPSA) is 78.3 Å². The van der Waals surface area contributed by atoms with E-state index < -0.39 is 5.97 Å². The highest BCUT2D eigenvalue weighted by Crippen LogP contribution is 2.26. The molecule has 0 atom stereocenters. The second-order valence-corrected chi connectivity index (χ2v) is 4.38. The van der Waals surface area contributed by atoms with Crippen molar-refractivity contribution < 1.29 is 13.9 Å². The quantitative estimate of drug-likeness (QED) is 0.857. The van der Waals surface area contributed by atoms with Crippen LogP contribution in [-0.4, -0.2) is 17.6 Å². The van der Waals surface area contributed by atoms with Crippen molar-refractivity contribution in [1.82, 2.24) is 4.98 Å². The Hall–Kier alpha value is -1.82. The van der Waals surface area contributed by atoms with Crippen molar-refractivity contribution in [3.05, 3.63) is 34.4 Å². The van der Waals surface area contributed by atoms with Crippen molar-refractivity contribution >= 4 is 27.8 Å². The summed E-state index contributed by atoms with van der Waals surface area (Å²) in [4.78, 5) is 15.6. The molecule has 20 heavy (non-hydrogen) atoms. The maximum absolute atomic E-state index is 11.5. The zero-order chi connectivity index (χ0) is 15.1. The van der Waals surface area contributed by atoms with E-state index in [1.807, 2.05) is 38.1 Å². The van der Waals surface area contributed by atoms with E-state index in [0.717, 1.165) is 10.0 Å². The summed E-state index contributed by atoms with van der Waals surface area (Å²) in [6, 6.07) is 7.34. The molecule has 2 N–H and O–H groups in total. The van der Waals surface area contributed by atoms with Gasteiger partial charge in [-0.1, -0.05) is 35.8 Å². The summed E-state index contributed by atoms with van der Waals surface area (Å²) in [6.07, 6.45) is 0. The number of nitrogens with two attached hydrogens (primary N) is 1. The van der Waals surface area contributed by atoms with Gasteiger partial charge in [-0.05, 0) is 25.1 Å². The number of ether oxygens (including phenoxy) is 1. The molecule has 0 bridgehead atoms. The average Bonchev–Trinajstić information content (AvgIpc) is 2.83. The van der Waals surface area contributed by atoms with E-state index in [0.29, 0.717) is 0 Å². The zero-order valence-corrected chi connectivity index (χ0v) is 13.2. The summed E-state index contributed by atoms with van der Waals surface area (Å²) in [5.41, 5.74) is 6.34. The van der Waals surface area contributed by atoms with Gasteiger partial charge in [0, 0.05) is 10.0 Å². The number of rotatable bonds is 3. The van der Waals surface area contributed by atoms with Crippen LogP contribution in [0, 0.1) is 0 Å². The van der Waals surface area contributed by atoms with Crippen molar-refractivity contribution in [1.29, 1.82) is 0 Å². The number of nitrogens with zero attached hydrogens (tertiary/aromatic N) is 1. The first-order valence-corrected chi connectivity index (χ1v) is 7.10. The standard InChI is InChI=1S/C12H11BrN2O3.C2H6/c1-2-17-12(16)9-10(14)18-11(15-9)7-4-3-5-8(13)6-7;1-2/h3-6H,2,14H2,1H3;1-2H3. The molecule has 5 nitrogen and oxygen atoms in total. The monoisotopic (exact) mass is 340 g/mol. The lowest BCUT2D eigenvalue weighted by Gasteiger charge is -1.96. The summed E-state index contributed by atoms with van der Waals surface area (Å²) < 4.78 is 11.0. The number of nitrogen functional groups attached to an aromatic ring is 1. The van der Waals surface area contributed by atoms with Crippen molar-refractivity contribution in [3.63, 3.8) is 0 Å². The van der Waals surface area contributed by atoms with Gasteiger partial charge < -0.3 is 14.9 Å². The van der Waals surface area contributed by atoms with Gasteiger partial charge >= 0.3 is 5.97 Å². The van der Waals surface area contributed by atoms with Crippen molar-refractivity contribution in [3.8, 4) is 11.5 Å². The highest BCUT2D eigenvalue weighted by Gasteiger charge is 2.19. The molecule has 0 amide bonds. The van der Waals surface area contributed by atoms with Gasteiger partial charge in [-0.15, -0.1) is 0 Å². The second-order valence-electron chi connectivity index (χ2n) is 3.46. The Morgan fingerprint density at radius 1 is 1.45 bits per heavy atom. The van der Waals surface area contributed by atoms with E-state index in [4.69, 9.17) is 14.9 Å². The van der Waals surface area contributed by atoms with Crippen LogP contribution < -0.4 is 5.73 Å². The van der Waals surface area contributed by atoms with Gasteiger partial charge in [-0.25, -0.2) is 4.79 Å². The van der Waals surface area contributed by atoms with Gasteiger partial charge in [0.25, 0.3) is 0 Å². The first-order valence-electron chi connectivity index (χ1n) is 6.31. The minimum Gasteiger partial charge on any atom is -0.461 e. The van der Waals surface area contributed by atoms with E-state index in [-0.39, 0.29) is 24.1 Å². The number of anilines is 1. The molecule has 2 aromatic rings. The van der Waals surface area contributed by atoms with Gasteiger partial charge in [0.05, 0.1) is 6.61 Å². The average molecular weight is 341 g/mol. The number of benzene rings is 1. The van der Waals surface area contributed by atoms with Crippen LogP contribution in [0.4, 0.5) is 5.88 Å². The molecule has 2 rings (SSSR count). The summed E-state index contributed by atoms with van der Waals surface area (Å²) in [6.45, 7) is 5.97. The number of esters is 1. The number of carbonyl (C=O) groups is 1. The molecule has 0 saturated heterocycles. The normalized spacial score (nSPS) is 9.60. The lowest BCUT2D eigenvalue weighted by Crippen LogP contribution is -2.07. The third kappa shape index (κ3) is 3.84. The number of hydrogen-bond acceptors (Lipinski definition) is 5. The molecular weight excluding hydrogens is 324 g/mol. The molecule has 0 fully saturated rings. The van der Waals surface area contributed by atoms with Crippen LogP contribution in [0.3, 0.4) is 0 Å². The number of carbonyl (C=O) groups excluding carboxylic acids is 1. The number of hydrogen-bond donors (Lipinski definition) is 1. The molecular formula is C14H17BrN2O3. The SMILES string of the molecule is CC.CCOC(=O)c1nc(-c2cccc(Br)c2)oc1N. The Kier molecular flexibility index (Phi) is 6.24. The summed E-state index contributed by atoms with van der Waals surface area (Å²) >= 11 is 3.35. The van der Waals surface area contributed by atoms with E-state index in [2.05, 4.69) is 20.9 Å². The maximum atomic E-state index is 11.5. The van der Waals surface area contributed by atoms with Crippen LogP contribution in [0.2, 0.25) is 0 Å². The Balaban J connectivity index is 0.000000956. The largest absolute Gasteiger partial charge is 0.461 e. The van der Waals surface area contributed by atoms with Gasteiger partial charge in [-0.2, -0.15) is 4.98 Å². The predicted molar refractivity (Wildman–Crippen MR) is 81.4 cm³/mol. The van der Waals surface area contributed by atoms with E-state index in [1.54, 1.807) is 6.92 Å². The van der Waals surface area contributed by atoms with Crippen molar-refractivity contribution in [2.75, 3.05) is 12.3 Å². The third-order valence-corrected chi connectivity index (χ3v) is 2.69. The Morgan fingerprint density at radius 2 is 2.15 bits per heavy atom. The van der Waals surface area contributed by atoms with Crippen LogP contribution in [0.1, 0.15) is 31.3 Å². The molecule has 1 aromatic heterocycles. The van der Waals surface area contributed by atoms with Crippen molar-refractivity contribution in [2.24, 2.45) is 0 Å². The lowest BCUT2D eigenvalue weighted by atomic mass is 10.2. The summed E-state index contributed by atoms with van der Waals surface area (Å²) in [5, 5.41) is 0. The fraction of sp³-hybridized carbons (Fsp3) is 0.286. The maximum Gasteiger partial charge on any atom is 0.362 e. The molecule has 0 aliphatic heterocycles. The van der Waals surface area contributed by atoms with Crippen LogP contribution in [-0.2, 0) is 4.74 Å². The molecule has 1 heterocycles. The minimum atomic E-state index is -0.583. The third-order valence-electron chi connectivity index (χ3n) is 2.19. The summed E-state index contributed by atoms with van der Waals surface area (Å²) in [5.74, 6) is -0.333. The smallest absolute Gasteiger partial charge is 0.362 e. The number of aromatic nitrogens is 1. The molecule has 0 saturated carbocycles. The Bertz CT molecular complexity index is 582. The summed E-state index contributed by atoms with van der Waals surface area (Å²) in [7, 11) is 0. The van der Waals surface area contributed by atoms with Crippen LogP contribution in [0.15, 0.2) is 33.2 Å². The molecule has 0 unspecified atom stereocenters. The van der Waals surface area contributed by atoms with E-state index in [1.165, 1.54) is 0 Å². The highest BCUT2D eigenvalue weighted by atomic mass is 79.9. The van der Waals surface area contributed by atoms with E-state index in [9.17, 15) is 4.79 Å². The number of oxazole rings is 1. The predicted octanol–water partition coefficient (Wildman–Crippen LogP) is 3.89. The molecule has 0 radical (unpaired) electrons. The number of halogens is 1.